The zero-order chi connectivity index (χ0) is 10.8. The van der Waals surface area contributed by atoms with Crippen LogP contribution in [0.15, 0.2) is 22.6 Å². The van der Waals surface area contributed by atoms with Crippen molar-refractivity contribution in [1.29, 1.82) is 0 Å². The van der Waals surface area contributed by atoms with Gasteiger partial charge in [-0.2, -0.15) is 0 Å². The van der Waals surface area contributed by atoms with Crippen LogP contribution in [0.4, 0.5) is 0 Å². The normalized spacial score (nSPS) is 10.6. The van der Waals surface area contributed by atoms with Crippen LogP contribution in [0.25, 0.3) is 11.5 Å². The highest BCUT2D eigenvalue weighted by atomic mass is 35.5. The summed E-state index contributed by atoms with van der Waals surface area (Å²) >= 11 is 17.2. The van der Waals surface area contributed by atoms with Gasteiger partial charge < -0.3 is 4.42 Å². The van der Waals surface area contributed by atoms with E-state index in [9.17, 15) is 0 Å². The highest BCUT2D eigenvalue weighted by molar-refractivity contribution is 6.42. The van der Waals surface area contributed by atoms with E-state index in [1.807, 2.05) is 0 Å². The molecule has 2 rings (SSSR count). The van der Waals surface area contributed by atoms with Crippen molar-refractivity contribution in [2.45, 2.75) is 5.88 Å². The molecule has 2 aromatic rings. The third-order valence-corrected chi connectivity index (χ3v) is 2.72. The summed E-state index contributed by atoms with van der Waals surface area (Å²) in [5, 5.41) is 8.49. The van der Waals surface area contributed by atoms with E-state index in [-0.39, 0.29) is 5.88 Å². The number of aromatic nitrogens is 2. The van der Waals surface area contributed by atoms with Crippen LogP contribution in [-0.2, 0) is 5.88 Å². The molecule has 0 unspecified atom stereocenters. The Bertz CT molecular complexity index is 484. The lowest BCUT2D eigenvalue weighted by molar-refractivity contribution is 0.527. The molecular weight excluding hydrogens is 258 g/mol. The highest BCUT2D eigenvalue weighted by Crippen LogP contribution is 2.27. The minimum Gasteiger partial charge on any atom is -0.419 e. The fourth-order valence-corrected chi connectivity index (χ4v) is 1.46. The zero-order valence-electron chi connectivity index (χ0n) is 7.38. The first-order valence-corrected chi connectivity index (χ1v) is 5.33. The van der Waals surface area contributed by atoms with Crippen molar-refractivity contribution in [2.75, 3.05) is 0 Å². The molecule has 15 heavy (non-hydrogen) atoms. The molecule has 0 spiro atoms. The number of nitrogens with zero attached hydrogens (tertiary/aromatic N) is 2. The van der Waals surface area contributed by atoms with Gasteiger partial charge in [-0.1, -0.05) is 23.2 Å². The van der Waals surface area contributed by atoms with Crippen molar-refractivity contribution in [3.05, 3.63) is 34.1 Å². The van der Waals surface area contributed by atoms with Gasteiger partial charge in [-0.05, 0) is 18.2 Å². The smallest absolute Gasteiger partial charge is 0.247 e. The number of rotatable bonds is 2. The van der Waals surface area contributed by atoms with Crippen LogP contribution < -0.4 is 0 Å². The maximum atomic E-state index is 5.86. The average molecular weight is 264 g/mol. The number of hydrogen-bond donors (Lipinski definition) is 0. The highest BCUT2D eigenvalue weighted by Gasteiger charge is 2.09. The maximum Gasteiger partial charge on any atom is 0.247 e. The van der Waals surface area contributed by atoms with Crippen LogP contribution in [0, 0.1) is 0 Å². The predicted octanol–water partition coefficient (Wildman–Crippen LogP) is 3.78. The number of halogens is 3. The lowest BCUT2D eigenvalue weighted by Crippen LogP contribution is -1.78. The summed E-state index contributed by atoms with van der Waals surface area (Å²) in [5.41, 5.74) is 0.716. The SMILES string of the molecule is ClCc1nnc(-c2ccc(Cl)c(Cl)c2)o1. The largest absolute Gasteiger partial charge is 0.419 e. The quantitative estimate of drug-likeness (QED) is 0.774. The standard InChI is InChI=1S/C9H5Cl3N2O/c10-4-8-13-14-9(15-8)5-1-2-6(11)7(12)3-5/h1-3H,4H2. The minimum absolute atomic E-state index is 0.189. The Labute approximate surface area is 101 Å². The number of hydrogen-bond acceptors (Lipinski definition) is 3. The van der Waals surface area contributed by atoms with Crippen LogP contribution in [-0.4, -0.2) is 10.2 Å². The second kappa shape index (κ2) is 4.39. The van der Waals surface area contributed by atoms with Crippen LogP contribution in [0.1, 0.15) is 5.89 Å². The first-order chi connectivity index (χ1) is 7.20. The third kappa shape index (κ3) is 2.25. The van der Waals surface area contributed by atoms with Crippen molar-refractivity contribution < 1.29 is 4.42 Å². The fraction of sp³-hybridized carbons (Fsp3) is 0.111. The number of benzene rings is 1. The molecule has 0 N–H and O–H groups in total. The molecule has 0 saturated carbocycles. The van der Waals surface area contributed by atoms with Crippen molar-refractivity contribution >= 4 is 34.8 Å². The second-order valence-electron chi connectivity index (χ2n) is 2.76. The molecule has 1 aromatic heterocycles. The Kier molecular flexibility index (Phi) is 3.14. The molecule has 0 radical (unpaired) electrons. The molecule has 1 heterocycles. The molecule has 0 aliphatic carbocycles. The van der Waals surface area contributed by atoms with Crippen LogP contribution in [0.5, 0.6) is 0 Å². The maximum absolute atomic E-state index is 5.86. The van der Waals surface area contributed by atoms with Gasteiger partial charge in [0, 0.05) is 5.56 Å². The molecule has 0 aliphatic rings. The lowest BCUT2D eigenvalue weighted by Gasteiger charge is -1.97. The Balaban J connectivity index is 2.40. The molecule has 3 nitrogen and oxygen atoms in total. The van der Waals surface area contributed by atoms with Gasteiger partial charge in [0.1, 0.15) is 5.88 Å². The second-order valence-corrected chi connectivity index (χ2v) is 3.85. The molecule has 0 saturated heterocycles. The topological polar surface area (TPSA) is 38.9 Å². The van der Waals surface area contributed by atoms with Crippen LogP contribution >= 0.6 is 34.8 Å². The summed E-state index contributed by atoms with van der Waals surface area (Å²) in [6, 6.07) is 5.08. The summed E-state index contributed by atoms with van der Waals surface area (Å²) in [4.78, 5) is 0. The summed E-state index contributed by atoms with van der Waals surface area (Å²) in [5.74, 6) is 0.941. The van der Waals surface area contributed by atoms with E-state index in [1.54, 1.807) is 18.2 Å². The Hall–Kier alpha value is -0.770. The van der Waals surface area contributed by atoms with Gasteiger partial charge in [0.25, 0.3) is 0 Å². The summed E-state index contributed by atoms with van der Waals surface area (Å²) in [7, 11) is 0. The van der Waals surface area contributed by atoms with E-state index in [4.69, 9.17) is 39.2 Å². The molecule has 0 atom stereocenters. The van der Waals surface area contributed by atoms with Gasteiger partial charge >= 0.3 is 0 Å². The summed E-state index contributed by atoms with van der Waals surface area (Å²) in [6.07, 6.45) is 0. The summed E-state index contributed by atoms with van der Waals surface area (Å²) < 4.78 is 5.26. The number of alkyl halides is 1. The van der Waals surface area contributed by atoms with E-state index in [1.165, 1.54) is 0 Å². The van der Waals surface area contributed by atoms with Gasteiger partial charge in [-0.15, -0.1) is 21.8 Å². The third-order valence-electron chi connectivity index (χ3n) is 1.75. The minimum atomic E-state index is 0.189. The molecular formula is C9H5Cl3N2O. The van der Waals surface area contributed by atoms with Gasteiger partial charge in [0.2, 0.25) is 11.8 Å². The first-order valence-electron chi connectivity index (χ1n) is 4.04. The van der Waals surface area contributed by atoms with Crippen molar-refractivity contribution in [3.8, 4) is 11.5 Å². The van der Waals surface area contributed by atoms with E-state index >= 15 is 0 Å². The van der Waals surface area contributed by atoms with E-state index < -0.39 is 0 Å². The zero-order valence-corrected chi connectivity index (χ0v) is 9.64. The Morgan fingerprint density at radius 3 is 2.53 bits per heavy atom. The lowest BCUT2D eigenvalue weighted by atomic mass is 10.2. The molecule has 0 bridgehead atoms. The summed E-state index contributed by atoms with van der Waals surface area (Å²) in [6.45, 7) is 0. The van der Waals surface area contributed by atoms with Crippen molar-refractivity contribution in [3.63, 3.8) is 0 Å². The van der Waals surface area contributed by atoms with Gasteiger partial charge in [0.15, 0.2) is 0 Å². The molecule has 6 heteroatoms. The van der Waals surface area contributed by atoms with Crippen LogP contribution in [0.2, 0.25) is 10.0 Å². The fourth-order valence-electron chi connectivity index (χ4n) is 1.05. The van der Waals surface area contributed by atoms with Gasteiger partial charge in [-0.3, -0.25) is 0 Å². The predicted molar refractivity (Wildman–Crippen MR) is 59.3 cm³/mol. The first kappa shape index (κ1) is 10.7. The molecule has 78 valence electrons. The Morgan fingerprint density at radius 2 is 1.93 bits per heavy atom. The van der Waals surface area contributed by atoms with Gasteiger partial charge in [-0.25, -0.2) is 0 Å². The molecule has 0 amide bonds. The average Bonchev–Trinajstić information content (AvgIpc) is 2.70. The van der Waals surface area contributed by atoms with Crippen molar-refractivity contribution in [1.82, 2.24) is 10.2 Å². The van der Waals surface area contributed by atoms with Crippen molar-refractivity contribution in [2.24, 2.45) is 0 Å². The molecule has 1 aromatic carbocycles. The van der Waals surface area contributed by atoms with Crippen LogP contribution in [0.3, 0.4) is 0 Å². The van der Waals surface area contributed by atoms with Gasteiger partial charge in [0.05, 0.1) is 10.0 Å². The van der Waals surface area contributed by atoms with E-state index in [0.29, 0.717) is 27.4 Å². The molecule has 0 fully saturated rings. The Morgan fingerprint density at radius 1 is 1.13 bits per heavy atom. The molecule has 0 aliphatic heterocycles. The van der Waals surface area contributed by atoms with E-state index in [2.05, 4.69) is 10.2 Å². The van der Waals surface area contributed by atoms with E-state index in [0.717, 1.165) is 0 Å². The monoisotopic (exact) mass is 262 g/mol.